The third kappa shape index (κ3) is 3.40. The quantitative estimate of drug-likeness (QED) is 0.913. The molecule has 0 amide bonds. The van der Waals surface area contributed by atoms with Gasteiger partial charge in [-0.25, -0.2) is 9.97 Å². The number of aromatic nitrogens is 3. The Bertz CT molecular complexity index is 569. The molecule has 2 aromatic rings. The van der Waals surface area contributed by atoms with Gasteiger partial charge < -0.3 is 10.1 Å². The van der Waals surface area contributed by atoms with Crippen LogP contribution in [0.4, 0.5) is 5.95 Å². The molecular weight excluding hydrogens is 240 g/mol. The van der Waals surface area contributed by atoms with E-state index in [4.69, 9.17) is 4.74 Å². The molecule has 0 unspecified atom stereocenters. The standard InChI is InChI=1S/C14H18N4O/c1-9(2)19-12-6-11(7-16-8-12)13-5-10(3)17-14(15-4)18-13/h5-9H,1-4H3,(H,15,17,18). The first-order valence-electron chi connectivity index (χ1n) is 6.24. The summed E-state index contributed by atoms with van der Waals surface area (Å²) in [4.78, 5) is 12.9. The minimum atomic E-state index is 0.122. The fourth-order valence-electron chi connectivity index (χ4n) is 1.72. The number of nitrogens with one attached hydrogen (secondary N) is 1. The molecule has 5 heteroatoms. The van der Waals surface area contributed by atoms with Crippen molar-refractivity contribution in [3.63, 3.8) is 0 Å². The molecule has 0 fully saturated rings. The molecule has 0 bridgehead atoms. The second kappa shape index (κ2) is 5.65. The predicted octanol–water partition coefficient (Wildman–Crippen LogP) is 2.68. The van der Waals surface area contributed by atoms with E-state index in [-0.39, 0.29) is 6.10 Å². The van der Waals surface area contributed by atoms with Crippen LogP contribution in [0.5, 0.6) is 5.75 Å². The van der Waals surface area contributed by atoms with E-state index in [1.165, 1.54) is 0 Å². The highest BCUT2D eigenvalue weighted by atomic mass is 16.5. The zero-order chi connectivity index (χ0) is 13.8. The Morgan fingerprint density at radius 2 is 1.95 bits per heavy atom. The van der Waals surface area contributed by atoms with Crippen molar-refractivity contribution in [2.45, 2.75) is 26.9 Å². The number of hydrogen-bond donors (Lipinski definition) is 1. The van der Waals surface area contributed by atoms with Crippen molar-refractivity contribution >= 4 is 5.95 Å². The van der Waals surface area contributed by atoms with Crippen LogP contribution in [0.15, 0.2) is 24.5 Å². The maximum atomic E-state index is 5.64. The first kappa shape index (κ1) is 13.3. The van der Waals surface area contributed by atoms with Crippen molar-refractivity contribution in [2.75, 3.05) is 12.4 Å². The van der Waals surface area contributed by atoms with E-state index >= 15 is 0 Å². The topological polar surface area (TPSA) is 59.9 Å². The summed E-state index contributed by atoms with van der Waals surface area (Å²) in [6.07, 6.45) is 3.60. The third-order valence-electron chi connectivity index (χ3n) is 2.46. The molecule has 19 heavy (non-hydrogen) atoms. The Labute approximate surface area is 113 Å². The molecule has 1 N–H and O–H groups in total. The molecule has 0 aromatic carbocycles. The van der Waals surface area contributed by atoms with Gasteiger partial charge in [0.2, 0.25) is 5.95 Å². The molecule has 0 aliphatic rings. The number of hydrogen-bond acceptors (Lipinski definition) is 5. The molecule has 2 heterocycles. The Morgan fingerprint density at radius 3 is 2.63 bits per heavy atom. The molecule has 0 aliphatic carbocycles. The van der Waals surface area contributed by atoms with Gasteiger partial charge in [-0.3, -0.25) is 4.98 Å². The number of ether oxygens (including phenoxy) is 1. The molecule has 0 saturated heterocycles. The summed E-state index contributed by atoms with van der Waals surface area (Å²) in [5, 5.41) is 2.95. The van der Waals surface area contributed by atoms with Crippen molar-refractivity contribution in [1.29, 1.82) is 0 Å². The fourth-order valence-corrected chi connectivity index (χ4v) is 1.72. The largest absolute Gasteiger partial charge is 0.489 e. The van der Waals surface area contributed by atoms with Crippen LogP contribution in [0.2, 0.25) is 0 Å². The van der Waals surface area contributed by atoms with Gasteiger partial charge >= 0.3 is 0 Å². The summed E-state index contributed by atoms with van der Waals surface area (Å²) < 4.78 is 5.64. The van der Waals surface area contributed by atoms with E-state index < -0.39 is 0 Å². The maximum absolute atomic E-state index is 5.64. The van der Waals surface area contributed by atoms with Gasteiger partial charge in [0.25, 0.3) is 0 Å². The number of aryl methyl sites for hydroxylation is 1. The lowest BCUT2D eigenvalue weighted by atomic mass is 10.2. The molecule has 0 spiro atoms. The molecule has 0 aliphatic heterocycles. The van der Waals surface area contributed by atoms with Crippen LogP contribution >= 0.6 is 0 Å². The predicted molar refractivity (Wildman–Crippen MR) is 75.3 cm³/mol. The number of rotatable bonds is 4. The van der Waals surface area contributed by atoms with Gasteiger partial charge in [-0.1, -0.05) is 0 Å². The van der Waals surface area contributed by atoms with Crippen LogP contribution in [0.3, 0.4) is 0 Å². The van der Waals surface area contributed by atoms with Gasteiger partial charge in [0, 0.05) is 24.5 Å². The average molecular weight is 258 g/mol. The summed E-state index contributed by atoms with van der Waals surface area (Å²) in [5.74, 6) is 1.35. The van der Waals surface area contributed by atoms with Crippen molar-refractivity contribution in [3.8, 4) is 17.0 Å². The van der Waals surface area contributed by atoms with Gasteiger partial charge in [-0.15, -0.1) is 0 Å². The van der Waals surface area contributed by atoms with Crippen LogP contribution < -0.4 is 10.1 Å². The van der Waals surface area contributed by atoms with Gasteiger partial charge in [0.05, 0.1) is 18.0 Å². The third-order valence-corrected chi connectivity index (χ3v) is 2.46. The summed E-state index contributed by atoms with van der Waals surface area (Å²) >= 11 is 0. The summed E-state index contributed by atoms with van der Waals surface area (Å²) in [7, 11) is 1.80. The number of nitrogens with zero attached hydrogens (tertiary/aromatic N) is 3. The maximum Gasteiger partial charge on any atom is 0.223 e. The first-order valence-corrected chi connectivity index (χ1v) is 6.24. The molecule has 100 valence electrons. The van der Waals surface area contributed by atoms with Gasteiger partial charge in [0.1, 0.15) is 5.75 Å². The molecular formula is C14H18N4O. The van der Waals surface area contributed by atoms with E-state index in [1.54, 1.807) is 19.4 Å². The molecule has 0 radical (unpaired) electrons. The second-order valence-corrected chi connectivity index (χ2v) is 4.54. The van der Waals surface area contributed by atoms with E-state index in [1.807, 2.05) is 32.9 Å². The van der Waals surface area contributed by atoms with Crippen LogP contribution in [0, 0.1) is 6.92 Å². The monoisotopic (exact) mass is 258 g/mol. The van der Waals surface area contributed by atoms with E-state index in [0.29, 0.717) is 5.95 Å². The van der Waals surface area contributed by atoms with Crippen LogP contribution in [0.1, 0.15) is 19.5 Å². The average Bonchev–Trinajstić information content (AvgIpc) is 2.37. The van der Waals surface area contributed by atoms with Crippen LogP contribution in [0.25, 0.3) is 11.3 Å². The van der Waals surface area contributed by atoms with Gasteiger partial charge in [-0.05, 0) is 32.9 Å². The molecule has 2 rings (SSSR count). The Kier molecular flexibility index (Phi) is 3.94. The molecule has 0 atom stereocenters. The van der Waals surface area contributed by atoms with Crippen molar-refractivity contribution in [1.82, 2.24) is 15.0 Å². The fraction of sp³-hybridized carbons (Fsp3) is 0.357. The van der Waals surface area contributed by atoms with Crippen molar-refractivity contribution in [3.05, 3.63) is 30.2 Å². The Balaban J connectivity index is 2.38. The number of pyridine rings is 1. The van der Waals surface area contributed by atoms with E-state index in [0.717, 1.165) is 22.7 Å². The smallest absolute Gasteiger partial charge is 0.223 e. The van der Waals surface area contributed by atoms with Crippen molar-refractivity contribution < 1.29 is 4.74 Å². The second-order valence-electron chi connectivity index (χ2n) is 4.54. The summed E-state index contributed by atoms with van der Waals surface area (Å²) in [5.41, 5.74) is 2.66. The molecule has 5 nitrogen and oxygen atoms in total. The highest BCUT2D eigenvalue weighted by Crippen LogP contribution is 2.22. The first-order chi connectivity index (χ1) is 9.08. The summed E-state index contributed by atoms with van der Waals surface area (Å²) in [6.45, 7) is 5.91. The zero-order valence-corrected chi connectivity index (χ0v) is 11.6. The minimum Gasteiger partial charge on any atom is -0.489 e. The number of anilines is 1. The minimum absolute atomic E-state index is 0.122. The Morgan fingerprint density at radius 1 is 1.16 bits per heavy atom. The molecule has 0 saturated carbocycles. The lowest BCUT2D eigenvalue weighted by Gasteiger charge is -2.10. The SMILES string of the molecule is CNc1nc(C)cc(-c2cncc(OC(C)C)c2)n1. The molecule has 2 aromatic heterocycles. The normalized spacial score (nSPS) is 10.6. The van der Waals surface area contributed by atoms with Gasteiger partial charge in [-0.2, -0.15) is 0 Å². The summed E-state index contributed by atoms with van der Waals surface area (Å²) in [6, 6.07) is 3.87. The Hall–Kier alpha value is -2.17. The van der Waals surface area contributed by atoms with Crippen LogP contribution in [-0.4, -0.2) is 28.1 Å². The highest BCUT2D eigenvalue weighted by Gasteiger charge is 2.06. The highest BCUT2D eigenvalue weighted by molar-refractivity contribution is 5.61. The van der Waals surface area contributed by atoms with Crippen LogP contribution in [-0.2, 0) is 0 Å². The van der Waals surface area contributed by atoms with E-state index in [2.05, 4.69) is 20.3 Å². The lowest BCUT2D eigenvalue weighted by Crippen LogP contribution is -2.06. The van der Waals surface area contributed by atoms with Crippen molar-refractivity contribution in [2.24, 2.45) is 0 Å². The lowest BCUT2D eigenvalue weighted by molar-refractivity contribution is 0.241. The van der Waals surface area contributed by atoms with E-state index in [9.17, 15) is 0 Å². The van der Waals surface area contributed by atoms with Gasteiger partial charge in [0.15, 0.2) is 0 Å². The zero-order valence-electron chi connectivity index (χ0n) is 11.6.